The van der Waals surface area contributed by atoms with Gasteiger partial charge in [-0.25, -0.2) is 9.97 Å². The molecule has 3 rings (SSSR count). The van der Waals surface area contributed by atoms with Crippen LogP contribution in [0.25, 0.3) is 0 Å². The predicted molar refractivity (Wildman–Crippen MR) is 84.7 cm³/mol. The fraction of sp³-hybridized carbons (Fsp3) is 0.750. The average Bonchev–Trinajstić information content (AvgIpc) is 3.31. The van der Waals surface area contributed by atoms with E-state index in [0.29, 0.717) is 0 Å². The number of aliphatic hydroxyl groups is 1. The van der Waals surface area contributed by atoms with Crippen LogP contribution >= 0.6 is 0 Å². The highest BCUT2D eigenvalue weighted by atomic mass is 16.3. The molecule has 1 aromatic heterocycles. The van der Waals surface area contributed by atoms with E-state index in [0.717, 1.165) is 49.9 Å². The third-order valence-corrected chi connectivity index (χ3v) is 4.80. The molecular weight excluding hydrogens is 264 g/mol. The Hall–Kier alpha value is -1.36. The lowest BCUT2D eigenvalue weighted by Crippen LogP contribution is -2.46. The first-order valence-electron chi connectivity index (χ1n) is 7.98. The maximum absolute atomic E-state index is 9.99. The van der Waals surface area contributed by atoms with Crippen LogP contribution in [0.2, 0.25) is 0 Å². The van der Waals surface area contributed by atoms with Crippen molar-refractivity contribution in [3.8, 4) is 0 Å². The Bertz CT molecular complexity index is 489. The fourth-order valence-electron chi connectivity index (χ4n) is 3.55. The summed E-state index contributed by atoms with van der Waals surface area (Å²) in [6, 6.07) is 0. The van der Waals surface area contributed by atoms with E-state index in [-0.39, 0.29) is 12.0 Å². The smallest absolute Gasteiger partial charge is 0.171 e. The summed E-state index contributed by atoms with van der Waals surface area (Å²) in [6.45, 7) is 2.20. The lowest BCUT2D eigenvalue weighted by molar-refractivity contribution is 0.0901. The number of hydrogen-bond acceptors (Lipinski definition) is 5. The molecule has 0 bridgehead atoms. The number of hydrogen-bond donors (Lipinski definition) is 1. The second-order valence-corrected chi connectivity index (χ2v) is 6.93. The zero-order chi connectivity index (χ0) is 14.9. The van der Waals surface area contributed by atoms with Crippen LogP contribution in [0.15, 0.2) is 12.4 Å². The molecule has 116 valence electrons. The summed E-state index contributed by atoms with van der Waals surface area (Å²) in [7, 11) is 4.00. The first-order valence-corrected chi connectivity index (χ1v) is 7.98. The molecule has 5 nitrogen and oxygen atoms in total. The van der Waals surface area contributed by atoms with Crippen LogP contribution in [0.3, 0.4) is 0 Å². The standard InChI is InChI=1S/C16H26N4O/c1-19(2)14-15(18-8-7-17-14)20-9-3-6-16(11-20,12-21)10-13-4-5-13/h7-8,13,21H,3-6,9-12H2,1-2H3/t16-/m1/s1. The Morgan fingerprint density at radius 1 is 1.33 bits per heavy atom. The summed E-state index contributed by atoms with van der Waals surface area (Å²) < 4.78 is 0. The number of aliphatic hydroxyl groups excluding tert-OH is 1. The number of aromatic nitrogens is 2. The van der Waals surface area contributed by atoms with Crippen molar-refractivity contribution in [3.05, 3.63) is 12.4 Å². The van der Waals surface area contributed by atoms with Gasteiger partial charge in [0.25, 0.3) is 0 Å². The SMILES string of the molecule is CN(C)c1nccnc1N1CCC[C@@](CO)(CC2CC2)C1. The first kappa shape index (κ1) is 14.6. The van der Waals surface area contributed by atoms with E-state index in [9.17, 15) is 5.11 Å². The molecule has 1 saturated heterocycles. The molecule has 0 amide bonds. The molecule has 21 heavy (non-hydrogen) atoms. The van der Waals surface area contributed by atoms with Crippen molar-refractivity contribution in [2.24, 2.45) is 11.3 Å². The predicted octanol–water partition coefficient (Wildman–Crippen LogP) is 1.92. The number of anilines is 2. The van der Waals surface area contributed by atoms with Gasteiger partial charge in [0.2, 0.25) is 0 Å². The van der Waals surface area contributed by atoms with E-state index < -0.39 is 0 Å². The van der Waals surface area contributed by atoms with E-state index >= 15 is 0 Å². The van der Waals surface area contributed by atoms with Crippen molar-refractivity contribution < 1.29 is 5.11 Å². The number of nitrogens with zero attached hydrogens (tertiary/aromatic N) is 4. The molecule has 1 aromatic rings. The van der Waals surface area contributed by atoms with Crippen molar-refractivity contribution in [2.75, 3.05) is 43.6 Å². The van der Waals surface area contributed by atoms with Gasteiger partial charge < -0.3 is 14.9 Å². The topological polar surface area (TPSA) is 52.5 Å². The van der Waals surface area contributed by atoms with E-state index in [2.05, 4.69) is 14.9 Å². The third kappa shape index (κ3) is 3.12. The zero-order valence-corrected chi connectivity index (χ0v) is 13.1. The van der Waals surface area contributed by atoms with E-state index in [4.69, 9.17) is 0 Å². The summed E-state index contributed by atoms with van der Waals surface area (Å²) in [5.41, 5.74) is 0.0561. The van der Waals surface area contributed by atoms with Crippen molar-refractivity contribution in [1.29, 1.82) is 0 Å². The van der Waals surface area contributed by atoms with Gasteiger partial charge in [-0.2, -0.15) is 0 Å². The van der Waals surface area contributed by atoms with Crippen molar-refractivity contribution in [2.45, 2.75) is 32.1 Å². The van der Waals surface area contributed by atoms with Crippen molar-refractivity contribution >= 4 is 11.6 Å². The minimum Gasteiger partial charge on any atom is -0.396 e. The molecule has 1 saturated carbocycles. The summed E-state index contributed by atoms with van der Waals surface area (Å²) in [6.07, 6.45) is 9.61. The normalized spacial score (nSPS) is 26.0. The highest BCUT2D eigenvalue weighted by Crippen LogP contribution is 2.45. The zero-order valence-electron chi connectivity index (χ0n) is 13.1. The first-order chi connectivity index (χ1) is 10.1. The number of rotatable bonds is 5. The lowest BCUT2D eigenvalue weighted by atomic mass is 9.76. The Balaban J connectivity index is 1.82. The van der Waals surface area contributed by atoms with Crippen LogP contribution in [0.1, 0.15) is 32.1 Å². The average molecular weight is 290 g/mol. The van der Waals surface area contributed by atoms with Crippen LogP contribution in [0.4, 0.5) is 11.6 Å². The lowest BCUT2D eigenvalue weighted by Gasteiger charge is -2.43. The van der Waals surface area contributed by atoms with Gasteiger partial charge in [0.1, 0.15) is 0 Å². The highest BCUT2D eigenvalue weighted by Gasteiger charge is 2.40. The van der Waals surface area contributed by atoms with E-state index in [1.807, 2.05) is 19.0 Å². The summed E-state index contributed by atoms with van der Waals surface area (Å²) in [5, 5.41) is 9.99. The fourth-order valence-corrected chi connectivity index (χ4v) is 3.55. The maximum Gasteiger partial charge on any atom is 0.171 e. The van der Waals surface area contributed by atoms with Gasteiger partial charge in [0.05, 0.1) is 6.61 Å². The summed E-state index contributed by atoms with van der Waals surface area (Å²) in [5.74, 6) is 2.71. The molecular formula is C16H26N4O. The van der Waals surface area contributed by atoms with Crippen LogP contribution in [-0.4, -0.2) is 48.9 Å². The molecule has 5 heteroatoms. The molecule has 0 spiro atoms. The maximum atomic E-state index is 9.99. The quantitative estimate of drug-likeness (QED) is 0.898. The molecule has 1 aliphatic heterocycles. The van der Waals surface area contributed by atoms with Crippen LogP contribution in [0.5, 0.6) is 0 Å². The minimum absolute atomic E-state index is 0.0561. The number of piperidine rings is 1. The molecule has 2 heterocycles. The van der Waals surface area contributed by atoms with Crippen LogP contribution < -0.4 is 9.80 Å². The molecule has 1 atom stereocenters. The molecule has 2 fully saturated rings. The van der Waals surface area contributed by atoms with Gasteiger partial charge in [-0.3, -0.25) is 0 Å². The molecule has 1 N–H and O–H groups in total. The van der Waals surface area contributed by atoms with Gasteiger partial charge in [0.15, 0.2) is 11.6 Å². The highest BCUT2D eigenvalue weighted by molar-refractivity contribution is 5.61. The van der Waals surface area contributed by atoms with Crippen LogP contribution in [-0.2, 0) is 0 Å². The van der Waals surface area contributed by atoms with Crippen molar-refractivity contribution in [3.63, 3.8) is 0 Å². The Kier molecular flexibility index (Phi) is 4.02. The van der Waals surface area contributed by atoms with Crippen molar-refractivity contribution in [1.82, 2.24) is 9.97 Å². The molecule has 0 aromatic carbocycles. The Morgan fingerprint density at radius 3 is 2.76 bits per heavy atom. The second kappa shape index (κ2) is 5.79. The van der Waals surface area contributed by atoms with Gasteiger partial charge in [-0.15, -0.1) is 0 Å². The molecule has 0 radical (unpaired) electrons. The van der Waals surface area contributed by atoms with Gasteiger partial charge >= 0.3 is 0 Å². The van der Waals surface area contributed by atoms with Crippen LogP contribution in [0, 0.1) is 11.3 Å². The summed E-state index contributed by atoms with van der Waals surface area (Å²) in [4.78, 5) is 13.4. The second-order valence-electron chi connectivity index (χ2n) is 6.93. The van der Waals surface area contributed by atoms with E-state index in [1.54, 1.807) is 12.4 Å². The molecule has 2 aliphatic rings. The minimum atomic E-state index is 0.0561. The molecule has 0 unspecified atom stereocenters. The van der Waals surface area contributed by atoms with Gasteiger partial charge in [-0.1, -0.05) is 12.8 Å². The summed E-state index contributed by atoms with van der Waals surface area (Å²) >= 11 is 0. The van der Waals surface area contributed by atoms with Gasteiger partial charge in [0, 0.05) is 45.0 Å². The Labute approximate surface area is 127 Å². The van der Waals surface area contributed by atoms with Gasteiger partial charge in [-0.05, 0) is 25.2 Å². The largest absolute Gasteiger partial charge is 0.396 e. The van der Waals surface area contributed by atoms with E-state index in [1.165, 1.54) is 12.8 Å². The third-order valence-electron chi connectivity index (χ3n) is 4.80. The monoisotopic (exact) mass is 290 g/mol. The Morgan fingerprint density at radius 2 is 2.10 bits per heavy atom. The molecule has 1 aliphatic carbocycles.